The fourth-order valence-corrected chi connectivity index (χ4v) is 7.08. The molecule has 4 aliphatic rings. The molecule has 0 bridgehead atoms. The van der Waals surface area contributed by atoms with Crippen molar-refractivity contribution < 1.29 is 9.59 Å². The number of amides is 2. The number of hydrogen-bond donors (Lipinski definition) is 0. The summed E-state index contributed by atoms with van der Waals surface area (Å²) in [5.74, 6) is 1.69. The predicted molar refractivity (Wildman–Crippen MR) is 127 cm³/mol. The summed E-state index contributed by atoms with van der Waals surface area (Å²) in [6.07, 6.45) is 15.8. The third-order valence-electron chi connectivity index (χ3n) is 7.88. The molecule has 0 N–H and O–H groups in total. The molecule has 30 heavy (non-hydrogen) atoms. The summed E-state index contributed by atoms with van der Waals surface area (Å²) in [5.41, 5.74) is 0. The first-order chi connectivity index (χ1) is 14.6. The van der Waals surface area contributed by atoms with Gasteiger partial charge in [-0.1, -0.05) is 75.8 Å². The first-order valence-corrected chi connectivity index (χ1v) is 13.1. The van der Waals surface area contributed by atoms with Crippen molar-refractivity contribution in [3.05, 3.63) is 0 Å². The fourth-order valence-electron chi connectivity index (χ4n) is 6.15. The van der Waals surface area contributed by atoms with Crippen molar-refractivity contribution in [2.45, 2.75) is 89.9 Å². The Morgan fingerprint density at radius 2 is 0.900 bits per heavy atom. The van der Waals surface area contributed by atoms with E-state index in [9.17, 15) is 9.59 Å². The van der Waals surface area contributed by atoms with E-state index in [1.807, 2.05) is 9.80 Å². The molecule has 2 heterocycles. The van der Waals surface area contributed by atoms with Crippen molar-refractivity contribution in [1.82, 2.24) is 9.80 Å². The lowest BCUT2D eigenvalue weighted by atomic mass is 9.81. The summed E-state index contributed by atoms with van der Waals surface area (Å²) < 4.78 is 0. The van der Waals surface area contributed by atoms with Crippen molar-refractivity contribution in [3.63, 3.8) is 0 Å². The van der Waals surface area contributed by atoms with Gasteiger partial charge in [0.05, 0.1) is 9.98 Å². The van der Waals surface area contributed by atoms with Gasteiger partial charge in [0.1, 0.15) is 0 Å². The highest BCUT2D eigenvalue weighted by Gasteiger charge is 2.46. The van der Waals surface area contributed by atoms with E-state index >= 15 is 0 Å². The number of hydrogen-bond acceptors (Lipinski definition) is 4. The quantitative estimate of drug-likeness (QED) is 0.355. The van der Waals surface area contributed by atoms with Gasteiger partial charge in [-0.05, 0) is 38.5 Å². The van der Waals surface area contributed by atoms with Crippen LogP contribution in [0.3, 0.4) is 0 Å². The Balaban J connectivity index is 1.09. The summed E-state index contributed by atoms with van der Waals surface area (Å²) in [5, 5.41) is 0. The Morgan fingerprint density at radius 1 is 0.567 bits per heavy atom. The molecule has 6 heteroatoms. The molecule has 0 spiro atoms. The van der Waals surface area contributed by atoms with Crippen LogP contribution in [0.15, 0.2) is 0 Å². The standard InChI is InChI=1S/C24H36N2O2S2/c27-21-17-11-5-7-13-19(17)23(29)25(21)15-9-3-1-2-4-10-16-26-22(28)18-12-6-8-14-20(18)24(26)30/h17-20H,1-16H2. The second-order valence-corrected chi connectivity index (χ2v) is 10.6. The Kier molecular flexibility index (Phi) is 7.56. The van der Waals surface area contributed by atoms with Crippen LogP contribution in [0.5, 0.6) is 0 Å². The monoisotopic (exact) mass is 448 g/mol. The number of unbranched alkanes of at least 4 members (excludes halogenated alkanes) is 5. The zero-order valence-corrected chi connectivity index (χ0v) is 19.8. The third-order valence-corrected chi connectivity index (χ3v) is 8.92. The molecule has 4 fully saturated rings. The van der Waals surface area contributed by atoms with E-state index in [4.69, 9.17) is 24.4 Å². The minimum absolute atomic E-state index is 0.189. The van der Waals surface area contributed by atoms with E-state index in [-0.39, 0.29) is 11.8 Å². The van der Waals surface area contributed by atoms with Crippen molar-refractivity contribution in [1.29, 1.82) is 0 Å². The van der Waals surface area contributed by atoms with Gasteiger partial charge >= 0.3 is 0 Å². The summed E-state index contributed by atoms with van der Waals surface area (Å²) >= 11 is 11.2. The largest absolute Gasteiger partial charge is 0.306 e. The van der Waals surface area contributed by atoms with E-state index < -0.39 is 0 Å². The van der Waals surface area contributed by atoms with Crippen LogP contribution < -0.4 is 0 Å². The van der Waals surface area contributed by atoms with E-state index in [0.717, 1.165) is 74.4 Å². The van der Waals surface area contributed by atoms with E-state index in [2.05, 4.69) is 0 Å². The van der Waals surface area contributed by atoms with E-state index in [1.165, 1.54) is 38.5 Å². The summed E-state index contributed by atoms with van der Waals surface area (Å²) in [6, 6.07) is 0. The molecule has 4 nitrogen and oxygen atoms in total. The van der Waals surface area contributed by atoms with Gasteiger partial charge in [0.25, 0.3) is 0 Å². The number of carbonyl (C=O) groups is 2. The second-order valence-electron chi connectivity index (χ2n) is 9.77. The number of carbonyl (C=O) groups excluding carboxylic acids is 2. The lowest BCUT2D eigenvalue weighted by molar-refractivity contribution is -0.131. The molecule has 0 aromatic heterocycles. The molecule has 2 aliphatic heterocycles. The molecular weight excluding hydrogens is 412 g/mol. The van der Waals surface area contributed by atoms with Crippen molar-refractivity contribution in [3.8, 4) is 0 Å². The summed E-state index contributed by atoms with van der Waals surface area (Å²) in [7, 11) is 0. The van der Waals surface area contributed by atoms with Gasteiger partial charge in [-0.15, -0.1) is 0 Å². The molecule has 4 unspecified atom stereocenters. The Labute approximate surface area is 192 Å². The lowest BCUT2D eigenvalue weighted by Crippen LogP contribution is -2.31. The minimum atomic E-state index is 0.189. The van der Waals surface area contributed by atoms with Crippen molar-refractivity contribution >= 4 is 46.2 Å². The zero-order valence-electron chi connectivity index (χ0n) is 18.2. The smallest absolute Gasteiger partial charge is 0.231 e. The molecule has 4 atom stereocenters. The average Bonchev–Trinajstić information content (AvgIpc) is 3.16. The molecule has 0 radical (unpaired) electrons. The Morgan fingerprint density at radius 3 is 1.27 bits per heavy atom. The van der Waals surface area contributed by atoms with Crippen molar-refractivity contribution in [2.24, 2.45) is 23.7 Å². The van der Waals surface area contributed by atoms with Gasteiger partial charge in [0, 0.05) is 36.8 Å². The number of thiocarbonyl (C=S) groups is 2. The average molecular weight is 449 g/mol. The van der Waals surface area contributed by atoms with Crippen LogP contribution in [0.25, 0.3) is 0 Å². The van der Waals surface area contributed by atoms with Gasteiger partial charge < -0.3 is 9.80 Å². The second kappa shape index (κ2) is 10.2. The molecule has 2 saturated heterocycles. The highest BCUT2D eigenvalue weighted by Crippen LogP contribution is 2.40. The Hall–Kier alpha value is -0.880. The maximum absolute atomic E-state index is 12.6. The van der Waals surface area contributed by atoms with E-state index in [0.29, 0.717) is 23.7 Å². The molecule has 166 valence electrons. The third kappa shape index (κ3) is 4.50. The highest BCUT2D eigenvalue weighted by molar-refractivity contribution is 7.80. The predicted octanol–water partition coefficient (Wildman–Crippen LogP) is 5.28. The molecular formula is C24H36N2O2S2. The van der Waals surface area contributed by atoms with Gasteiger partial charge in [0.2, 0.25) is 11.8 Å². The zero-order chi connectivity index (χ0) is 21.1. The van der Waals surface area contributed by atoms with Crippen LogP contribution in [0.4, 0.5) is 0 Å². The van der Waals surface area contributed by atoms with Crippen molar-refractivity contribution in [2.75, 3.05) is 13.1 Å². The molecule has 2 saturated carbocycles. The van der Waals surface area contributed by atoms with Crippen LogP contribution in [0.1, 0.15) is 89.9 Å². The maximum Gasteiger partial charge on any atom is 0.231 e. The molecule has 0 aromatic carbocycles. The first-order valence-electron chi connectivity index (χ1n) is 12.3. The van der Waals surface area contributed by atoms with Gasteiger partial charge in [-0.3, -0.25) is 9.59 Å². The normalized spacial score (nSPS) is 31.5. The molecule has 0 aromatic rings. The van der Waals surface area contributed by atoms with Gasteiger partial charge in [-0.2, -0.15) is 0 Å². The van der Waals surface area contributed by atoms with Crippen LogP contribution in [0.2, 0.25) is 0 Å². The summed E-state index contributed by atoms with van der Waals surface area (Å²) in [4.78, 5) is 31.0. The molecule has 2 aliphatic carbocycles. The number of likely N-dealkylation sites (tertiary alicyclic amines) is 2. The minimum Gasteiger partial charge on any atom is -0.306 e. The molecule has 2 amide bonds. The number of rotatable bonds is 9. The summed E-state index contributed by atoms with van der Waals surface area (Å²) in [6.45, 7) is 1.62. The SMILES string of the molecule is O=C1C2CCCCC2C(=S)N1CCCCCCCCN1C(=O)C2CCCCC2C1=S. The first kappa shape index (κ1) is 22.3. The molecule has 4 rings (SSSR count). The van der Waals surface area contributed by atoms with Crippen LogP contribution in [0, 0.1) is 23.7 Å². The highest BCUT2D eigenvalue weighted by atomic mass is 32.1. The lowest BCUT2D eigenvalue weighted by Gasteiger charge is -2.21. The number of fused-ring (bicyclic) bond motifs is 2. The topological polar surface area (TPSA) is 40.6 Å². The van der Waals surface area contributed by atoms with Crippen LogP contribution in [-0.2, 0) is 9.59 Å². The maximum atomic E-state index is 12.6. The van der Waals surface area contributed by atoms with Gasteiger partial charge in [0.15, 0.2) is 0 Å². The Bertz CT molecular complexity index is 589. The fraction of sp³-hybridized carbons (Fsp3) is 0.833. The van der Waals surface area contributed by atoms with Crippen LogP contribution in [-0.4, -0.2) is 44.7 Å². The van der Waals surface area contributed by atoms with E-state index in [1.54, 1.807) is 0 Å². The van der Waals surface area contributed by atoms with Gasteiger partial charge in [-0.25, -0.2) is 0 Å². The number of nitrogens with zero attached hydrogens (tertiary/aromatic N) is 2. The van der Waals surface area contributed by atoms with Crippen LogP contribution >= 0.6 is 24.4 Å².